The van der Waals surface area contributed by atoms with Crippen LogP contribution in [0.25, 0.3) is 11.2 Å². The van der Waals surface area contributed by atoms with E-state index in [1.54, 1.807) is 0 Å². The molecule has 0 aliphatic heterocycles. The molecular weight excluding hydrogens is 280 g/mol. The third-order valence-electron chi connectivity index (χ3n) is 3.46. The fraction of sp³-hybridized carbons (Fsp3) is 0.692. The summed E-state index contributed by atoms with van der Waals surface area (Å²) in [6.45, 7) is 8.17. The number of rotatable bonds is 6. The molecule has 0 aliphatic carbocycles. The fourth-order valence-electron chi connectivity index (χ4n) is 2.26. The lowest BCUT2D eigenvalue weighted by atomic mass is 10.3. The van der Waals surface area contributed by atoms with Crippen LogP contribution < -0.4 is 0 Å². The van der Waals surface area contributed by atoms with Crippen molar-refractivity contribution in [1.82, 2.24) is 19.3 Å². The highest BCUT2D eigenvalue weighted by Gasteiger charge is 2.17. The van der Waals surface area contributed by atoms with E-state index in [1.807, 2.05) is 23.4 Å². The Bertz CT molecular complexity index is 560. The minimum Gasteiger partial charge on any atom is -0.312 e. The Morgan fingerprint density at radius 3 is 2.74 bits per heavy atom. The van der Waals surface area contributed by atoms with Crippen molar-refractivity contribution in [3.8, 4) is 0 Å². The molecule has 0 aliphatic rings. The lowest BCUT2D eigenvalue weighted by molar-refractivity contribution is 0.594. The molecule has 0 fully saturated rings. The highest BCUT2D eigenvalue weighted by Crippen LogP contribution is 2.22. The molecule has 2 rings (SSSR count). The molecule has 0 saturated carbocycles. The van der Waals surface area contributed by atoms with Crippen LogP contribution >= 0.6 is 23.4 Å². The molecule has 1 atom stereocenters. The van der Waals surface area contributed by atoms with Crippen molar-refractivity contribution >= 4 is 34.5 Å². The Hall–Kier alpha value is -0.680. The number of alkyl halides is 1. The largest absolute Gasteiger partial charge is 0.312 e. The maximum absolute atomic E-state index is 6.04. The van der Waals surface area contributed by atoms with Gasteiger partial charge in [-0.3, -0.25) is 0 Å². The predicted molar refractivity (Wildman–Crippen MR) is 83.1 cm³/mol. The van der Waals surface area contributed by atoms with Crippen molar-refractivity contribution in [2.75, 3.05) is 6.26 Å². The number of aryl methyl sites for hydroxylation is 3. The molecule has 0 N–H and O–H groups in total. The molecule has 0 spiro atoms. The summed E-state index contributed by atoms with van der Waals surface area (Å²) < 4.78 is 4.26. The van der Waals surface area contributed by atoms with Gasteiger partial charge in [0.2, 0.25) is 0 Å². The molecule has 2 heterocycles. The van der Waals surface area contributed by atoms with Gasteiger partial charge in [-0.1, -0.05) is 6.92 Å². The maximum Gasteiger partial charge on any atom is 0.158 e. The number of nitrogens with zero attached hydrogens (tertiary/aromatic N) is 4. The van der Waals surface area contributed by atoms with Crippen LogP contribution in [0.4, 0.5) is 0 Å². The van der Waals surface area contributed by atoms with E-state index >= 15 is 0 Å². The molecule has 0 bridgehead atoms. The first-order valence-electron chi connectivity index (χ1n) is 6.63. The first-order valence-corrected chi connectivity index (χ1v) is 8.45. The Balaban J connectivity index is 2.43. The van der Waals surface area contributed by atoms with Gasteiger partial charge in [-0.05, 0) is 26.5 Å². The van der Waals surface area contributed by atoms with Gasteiger partial charge in [0.05, 0.1) is 11.6 Å². The second-order valence-corrected chi connectivity index (χ2v) is 6.27. The van der Waals surface area contributed by atoms with Crippen molar-refractivity contribution in [2.24, 2.45) is 0 Å². The van der Waals surface area contributed by atoms with Crippen molar-refractivity contribution in [2.45, 2.75) is 51.4 Å². The summed E-state index contributed by atoms with van der Waals surface area (Å²) in [4.78, 5) is 4.64. The standard InChI is InChI=1S/C13H21ClN4S/c1-5-18-13-12(10(3)16-18)15-11(8-14)17(13)7-6-9(2)19-4/h9H,5-8H2,1-4H3. The minimum atomic E-state index is 0.450. The number of thioether (sulfide) groups is 1. The second kappa shape index (κ2) is 6.18. The first kappa shape index (κ1) is 14.7. The van der Waals surface area contributed by atoms with Crippen molar-refractivity contribution in [3.63, 3.8) is 0 Å². The number of imidazole rings is 1. The number of halogens is 1. The van der Waals surface area contributed by atoms with Gasteiger partial charge < -0.3 is 4.57 Å². The second-order valence-electron chi connectivity index (χ2n) is 4.72. The lowest BCUT2D eigenvalue weighted by Gasteiger charge is -2.12. The summed E-state index contributed by atoms with van der Waals surface area (Å²) >= 11 is 7.93. The van der Waals surface area contributed by atoms with Gasteiger partial charge in [0.15, 0.2) is 5.65 Å². The zero-order valence-corrected chi connectivity index (χ0v) is 13.6. The van der Waals surface area contributed by atoms with Crippen LogP contribution in [0, 0.1) is 6.92 Å². The van der Waals surface area contributed by atoms with Gasteiger partial charge in [0.1, 0.15) is 11.3 Å². The van der Waals surface area contributed by atoms with Crippen LogP contribution in [0.5, 0.6) is 0 Å². The summed E-state index contributed by atoms with van der Waals surface area (Å²) in [6.07, 6.45) is 3.27. The van der Waals surface area contributed by atoms with Crippen molar-refractivity contribution < 1.29 is 0 Å². The maximum atomic E-state index is 6.04. The zero-order valence-electron chi connectivity index (χ0n) is 12.0. The van der Waals surface area contributed by atoms with Crippen molar-refractivity contribution in [3.05, 3.63) is 11.5 Å². The zero-order chi connectivity index (χ0) is 14.0. The number of fused-ring (bicyclic) bond motifs is 1. The SMILES string of the molecule is CCn1nc(C)c2nc(CCl)n(CCC(C)SC)c21. The Morgan fingerprint density at radius 1 is 1.42 bits per heavy atom. The van der Waals surface area contributed by atoms with Crippen LogP contribution in [-0.4, -0.2) is 30.8 Å². The van der Waals surface area contributed by atoms with Crippen molar-refractivity contribution in [1.29, 1.82) is 0 Å². The van der Waals surface area contributed by atoms with Crippen LogP contribution in [0.1, 0.15) is 31.8 Å². The topological polar surface area (TPSA) is 35.6 Å². The first-order chi connectivity index (χ1) is 9.12. The molecule has 0 radical (unpaired) electrons. The molecule has 0 amide bonds. The molecule has 1 unspecified atom stereocenters. The van der Waals surface area contributed by atoms with E-state index in [2.05, 4.69) is 34.8 Å². The monoisotopic (exact) mass is 300 g/mol. The summed E-state index contributed by atoms with van der Waals surface area (Å²) in [5.41, 5.74) is 3.10. The van der Waals surface area contributed by atoms with E-state index in [9.17, 15) is 0 Å². The Morgan fingerprint density at radius 2 is 2.16 bits per heavy atom. The van der Waals surface area contributed by atoms with Gasteiger partial charge in [-0.2, -0.15) is 16.9 Å². The van der Waals surface area contributed by atoms with E-state index in [0.717, 1.165) is 42.2 Å². The van der Waals surface area contributed by atoms with E-state index in [0.29, 0.717) is 11.1 Å². The Labute approximate surface area is 123 Å². The van der Waals surface area contributed by atoms with Gasteiger partial charge in [-0.25, -0.2) is 9.67 Å². The van der Waals surface area contributed by atoms with Gasteiger partial charge in [0, 0.05) is 18.3 Å². The van der Waals surface area contributed by atoms with Crippen LogP contribution in [0.3, 0.4) is 0 Å². The third-order valence-corrected chi connectivity index (χ3v) is 4.74. The van der Waals surface area contributed by atoms with Crippen LogP contribution in [0.2, 0.25) is 0 Å². The van der Waals surface area contributed by atoms with E-state index < -0.39 is 0 Å². The third kappa shape index (κ3) is 2.77. The molecule has 2 aromatic rings. The molecule has 106 valence electrons. The number of hydrogen-bond acceptors (Lipinski definition) is 3. The number of aromatic nitrogens is 4. The van der Waals surface area contributed by atoms with Gasteiger partial charge >= 0.3 is 0 Å². The molecule has 6 heteroatoms. The van der Waals surface area contributed by atoms with E-state index in [1.165, 1.54) is 0 Å². The van der Waals surface area contributed by atoms with Crippen LogP contribution in [-0.2, 0) is 19.0 Å². The smallest absolute Gasteiger partial charge is 0.158 e. The van der Waals surface area contributed by atoms with Crippen LogP contribution in [0.15, 0.2) is 0 Å². The molecule has 0 aromatic carbocycles. The van der Waals surface area contributed by atoms with E-state index in [-0.39, 0.29) is 0 Å². The summed E-state index contributed by atoms with van der Waals surface area (Å²) in [5.74, 6) is 1.40. The summed E-state index contributed by atoms with van der Waals surface area (Å²) in [5, 5.41) is 5.18. The molecule has 0 saturated heterocycles. The average molecular weight is 301 g/mol. The minimum absolute atomic E-state index is 0.450. The van der Waals surface area contributed by atoms with Gasteiger partial charge in [0.25, 0.3) is 0 Å². The summed E-state index contributed by atoms with van der Waals surface area (Å²) in [7, 11) is 0. The highest BCUT2D eigenvalue weighted by molar-refractivity contribution is 7.99. The molecule has 2 aromatic heterocycles. The van der Waals surface area contributed by atoms with E-state index in [4.69, 9.17) is 11.6 Å². The number of hydrogen-bond donors (Lipinski definition) is 0. The molecule has 4 nitrogen and oxygen atoms in total. The van der Waals surface area contributed by atoms with Gasteiger partial charge in [-0.15, -0.1) is 11.6 Å². The summed E-state index contributed by atoms with van der Waals surface area (Å²) in [6, 6.07) is 0. The lowest BCUT2D eigenvalue weighted by Crippen LogP contribution is -2.11. The fourth-order valence-corrected chi connectivity index (χ4v) is 2.80. The molecule has 19 heavy (non-hydrogen) atoms. The predicted octanol–water partition coefficient (Wildman–Crippen LogP) is 3.44. The Kier molecular flexibility index (Phi) is 4.79. The average Bonchev–Trinajstić information content (AvgIpc) is 2.93. The highest BCUT2D eigenvalue weighted by atomic mass is 35.5. The molecular formula is C13H21ClN4S. The normalized spacial score (nSPS) is 13.3. The quantitative estimate of drug-likeness (QED) is 0.767.